The third kappa shape index (κ3) is 1.75. The van der Waals surface area contributed by atoms with Crippen molar-refractivity contribution in [3.8, 4) is 0 Å². The molecule has 0 spiro atoms. The van der Waals surface area contributed by atoms with Crippen LogP contribution >= 0.6 is 0 Å². The van der Waals surface area contributed by atoms with Crippen LogP contribution in [0.3, 0.4) is 0 Å². The molecule has 0 bridgehead atoms. The Bertz CT molecular complexity index is 490. The molecule has 1 aromatic carbocycles. The highest BCUT2D eigenvalue weighted by Gasteiger charge is 2.12. The van der Waals surface area contributed by atoms with Gasteiger partial charge in [-0.25, -0.2) is 4.39 Å². The number of aryl methyl sites for hydroxylation is 1. The van der Waals surface area contributed by atoms with E-state index in [9.17, 15) is 4.39 Å². The van der Waals surface area contributed by atoms with Crippen LogP contribution in [0.2, 0.25) is 0 Å². The highest BCUT2D eigenvalue weighted by Crippen LogP contribution is 2.27. The third-order valence-electron chi connectivity index (χ3n) is 2.59. The van der Waals surface area contributed by atoms with E-state index in [1.54, 1.807) is 0 Å². The molecule has 1 unspecified atom stereocenters. The molecule has 2 nitrogen and oxygen atoms in total. The van der Waals surface area contributed by atoms with E-state index < -0.39 is 0 Å². The molecule has 2 rings (SSSR count). The summed E-state index contributed by atoms with van der Waals surface area (Å²) in [7, 11) is 0. The van der Waals surface area contributed by atoms with Crippen molar-refractivity contribution >= 4 is 11.0 Å². The largest absolute Gasteiger partial charge is 0.459 e. The first kappa shape index (κ1) is 10.2. The Morgan fingerprint density at radius 3 is 2.80 bits per heavy atom. The first-order valence-corrected chi connectivity index (χ1v) is 5.07. The van der Waals surface area contributed by atoms with E-state index in [4.69, 9.17) is 10.2 Å². The van der Waals surface area contributed by atoms with Crippen LogP contribution < -0.4 is 5.73 Å². The maximum absolute atomic E-state index is 13.1. The van der Waals surface area contributed by atoms with Crippen LogP contribution in [-0.4, -0.2) is 0 Å². The van der Waals surface area contributed by atoms with E-state index in [2.05, 4.69) is 0 Å². The molecule has 2 aromatic rings. The third-order valence-corrected chi connectivity index (χ3v) is 2.59. The average Bonchev–Trinajstić information content (AvgIpc) is 2.60. The van der Waals surface area contributed by atoms with Gasteiger partial charge in [0.15, 0.2) is 0 Å². The van der Waals surface area contributed by atoms with Crippen LogP contribution in [0.15, 0.2) is 22.6 Å². The van der Waals surface area contributed by atoms with Gasteiger partial charge in [0.1, 0.15) is 17.2 Å². The molecule has 0 aliphatic carbocycles. The monoisotopic (exact) mass is 207 g/mol. The van der Waals surface area contributed by atoms with Gasteiger partial charge in [-0.3, -0.25) is 0 Å². The lowest BCUT2D eigenvalue weighted by Crippen LogP contribution is -2.06. The molecule has 3 heteroatoms. The summed E-state index contributed by atoms with van der Waals surface area (Å²) >= 11 is 0. The van der Waals surface area contributed by atoms with Gasteiger partial charge in [-0.15, -0.1) is 0 Å². The van der Waals surface area contributed by atoms with Crippen molar-refractivity contribution in [3.05, 3.63) is 35.3 Å². The molecule has 0 amide bonds. The Balaban J connectivity index is 2.60. The molecule has 1 atom stereocenters. The second-order valence-electron chi connectivity index (χ2n) is 3.80. The van der Waals surface area contributed by atoms with Gasteiger partial charge in [-0.05, 0) is 37.1 Å². The van der Waals surface area contributed by atoms with Gasteiger partial charge < -0.3 is 10.2 Å². The number of furan rings is 1. The standard InChI is InChI=1S/C12H14FNO/c1-3-10(14)11-6-8-5-9(13)4-7(2)12(8)15-11/h4-6,10H,3,14H2,1-2H3. The summed E-state index contributed by atoms with van der Waals surface area (Å²) in [5.41, 5.74) is 7.40. The maximum Gasteiger partial charge on any atom is 0.137 e. The first-order valence-electron chi connectivity index (χ1n) is 5.07. The average molecular weight is 207 g/mol. The fourth-order valence-corrected chi connectivity index (χ4v) is 1.69. The van der Waals surface area contributed by atoms with Crippen molar-refractivity contribution < 1.29 is 8.81 Å². The number of nitrogens with two attached hydrogens (primary N) is 1. The first-order chi connectivity index (χ1) is 7.11. The number of fused-ring (bicyclic) bond motifs is 1. The SMILES string of the molecule is CCC(N)c1cc2cc(F)cc(C)c2o1. The Morgan fingerprint density at radius 2 is 2.13 bits per heavy atom. The maximum atomic E-state index is 13.1. The normalized spacial score (nSPS) is 13.3. The van der Waals surface area contributed by atoms with Gasteiger partial charge in [0.2, 0.25) is 0 Å². The fourth-order valence-electron chi connectivity index (χ4n) is 1.69. The predicted molar refractivity (Wildman–Crippen MR) is 58.1 cm³/mol. The zero-order valence-corrected chi connectivity index (χ0v) is 8.88. The molecule has 15 heavy (non-hydrogen) atoms. The highest BCUT2D eigenvalue weighted by atomic mass is 19.1. The molecule has 1 aromatic heterocycles. The predicted octanol–water partition coefficient (Wildman–Crippen LogP) is 3.29. The van der Waals surface area contributed by atoms with Crippen LogP contribution in [0.4, 0.5) is 4.39 Å². The van der Waals surface area contributed by atoms with Crippen molar-refractivity contribution in [2.24, 2.45) is 5.73 Å². The zero-order valence-electron chi connectivity index (χ0n) is 8.88. The van der Waals surface area contributed by atoms with Gasteiger partial charge in [0.25, 0.3) is 0 Å². The van der Waals surface area contributed by atoms with Crippen LogP contribution in [-0.2, 0) is 0 Å². The van der Waals surface area contributed by atoms with Gasteiger partial charge in [-0.1, -0.05) is 6.92 Å². The summed E-state index contributed by atoms with van der Waals surface area (Å²) < 4.78 is 18.7. The van der Waals surface area contributed by atoms with Crippen LogP contribution in [0, 0.1) is 12.7 Å². The molecule has 0 saturated carbocycles. The molecule has 2 N–H and O–H groups in total. The number of hydrogen-bond acceptors (Lipinski definition) is 2. The minimum atomic E-state index is -0.239. The summed E-state index contributed by atoms with van der Waals surface area (Å²) in [6.45, 7) is 3.82. The second-order valence-corrected chi connectivity index (χ2v) is 3.80. The lowest BCUT2D eigenvalue weighted by atomic mass is 10.1. The summed E-state index contributed by atoms with van der Waals surface area (Å²) in [5, 5.41) is 0.784. The van der Waals surface area contributed by atoms with Gasteiger partial charge >= 0.3 is 0 Å². The Morgan fingerprint density at radius 1 is 1.40 bits per heavy atom. The van der Waals surface area contributed by atoms with Crippen molar-refractivity contribution in [1.82, 2.24) is 0 Å². The molecule has 0 aliphatic heterocycles. The van der Waals surface area contributed by atoms with Crippen molar-refractivity contribution in [1.29, 1.82) is 0 Å². The molecule has 0 radical (unpaired) electrons. The van der Waals surface area contributed by atoms with E-state index in [1.807, 2.05) is 19.9 Å². The van der Waals surface area contributed by atoms with E-state index in [1.165, 1.54) is 12.1 Å². The number of halogens is 1. The fraction of sp³-hybridized carbons (Fsp3) is 0.333. The van der Waals surface area contributed by atoms with E-state index in [0.717, 1.165) is 28.7 Å². The highest BCUT2D eigenvalue weighted by molar-refractivity contribution is 5.81. The molecule has 0 fully saturated rings. The van der Waals surface area contributed by atoms with Crippen LogP contribution in [0.1, 0.15) is 30.7 Å². The summed E-state index contributed by atoms with van der Waals surface area (Å²) in [6, 6.07) is 4.64. The second kappa shape index (κ2) is 3.66. The van der Waals surface area contributed by atoms with Crippen molar-refractivity contribution in [3.63, 3.8) is 0 Å². The van der Waals surface area contributed by atoms with E-state index >= 15 is 0 Å². The molecule has 80 valence electrons. The Labute approximate surface area is 87.9 Å². The van der Waals surface area contributed by atoms with E-state index in [0.29, 0.717) is 0 Å². The molecule has 1 heterocycles. The quantitative estimate of drug-likeness (QED) is 0.820. The summed E-state index contributed by atoms with van der Waals surface area (Å²) in [4.78, 5) is 0. The number of benzene rings is 1. The van der Waals surface area contributed by atoms with Gasteiger partial charge in [-0.2, -0.15) is 0 Å². The molecular formula is C12H14FNO. The van der Waals surface area contributed by atoms with Crippen molar-refractivity contribution in [2.45, 2.75) is 26.3 Å². The molecule has 0 aliphatic rings. The zero-order chi connectivity index (χ0) is 11.0. The smallest absolute Gasteiger partial charge is 0.137 e. The Hall–Kier alpha value is -1.35. The van der Waals surface area contributed by atoms with Crippen molar-refractivity contribution in [2.75, 3.05) is 0 Å². The van der Waals surface area contributed by atoms with E-state index in [-0.39, 0.29) is 11.9 Å². The summed E-state index contributed by atoms with van der Waals surface area (Å²) in [5.74, 6) is 0.485. The van der Waals surface area contributed by atoms with Gasteiger partial charge in [0.05, 0.1) is 6.04 Å². The lowest BCUT2D eigenvalue weighted by Gasteiger charge is -2.02. The minimum Gasteiger partial charge on any atom is -0.459 e. The summed E-state index contributed by atoms with van der Waals surface area (Å²) in [6.07, 6.45) is 0.807. The lowest BCUT2D eigenvalue weighted by molar-refractivity contribution is 0.487. The number of rotatable bonds is 2. The van der Waals surface area contributed by atoms with Crippen LogP contribution in [0.5, 0.6) is 0 Å². The molecule has 0 saturated heterocycles. The van der Waals surface area contributed by atoms with Crippen LogP contribution in [0.25, 0.3) is 11.0 Å². The minimum absolute atomic E-state index is 0.111. The van der Waals surface area contributed by atoms with Gasteiger partial charge in [0, 0.05) is 5.39 Å². The number of hydrogen-bond donors (Lipinski definition) is 1. The topological polar surface area (TPSA) is 39.2 Å². The Kier molecular flexibility index (Phi) is 2.49. The molecular weight excluding hydrogens is 193 g/mol.